The molecule has 146 valence electrons. The molecule has 1 aliphatic rings. The van der Waals surface area contributed by atoms with Crippen molar-refractivity contribution in [2.45, 2.75) is 26.9 Å². The van der Waals surface area contributed by atoms with Gasteiger partial charge in [0.25, 0.3) is 5.91 Å². The van der Waals surface area contributed by atoms with E-state index in [1.165, 1.54) is 11.8 Å². The highest BCUT2D eigenvalue weighted by Gasteiger charge is 2.29. The maximum Gasteiger partial charge on any atom is 0.278 e. The number of amidine groups is 1. The van der Waals surface area contributed by atoms with Gasteiger partial charge in [-0.25, -0.2) is 4.99 Å². The van der Waals surface area contributed by atoms with E-state index in [0.29, 0.717) is 24.0 Å². The standard InChI is InChI=1S/C20H23N5O2S/c1-3-24-13-16(12-22-24)10-17-19(27)25(4-2)20(23-17)28-14-18(26)21-11-15-8-6-5-7-9-15/h5-10,12-13H,3-4,11,14H2,1-2H3,(H,21,26). The minimum absolute atomic E-state index is 0.0956. The lowest BCUT2D eigenvalue weighted by Gasteiger charge is -2.14. The number of hydrogen-bond donors (Lipinski definition) is 1. The molecule has 0 unspecified atom stereocenters. The second-order valence-corrected chi connectivity index (χ2v) is 7.10. The topological polar surface area (TPSA) is 79.6 Å². The highest BCUT2D eigenvalue weighted by molar-refractivity contribution is 8.14. The number of benzene rings is 1. The van der Waals surface area contributed by atoms with Gasteiger partial charge in [0.2, 0.25) is 5.91 Å². The lowest BCUT2D eigenvalue weighted by molar-refractivity contribution is -0.122. The molecule has 7 nitrogen and oxygen atoms in total. The molecule has 1 aromatic carbocycles. The molecule has 0 atom stereocenters. The number of rotatable bonds is 7. The number of carbonyl (C=O) groups excluding carboxylic acids is 2. The van der Waals surface area contributed by atoms with Crippen LogP contribution in [0, 0.1) is 0 Å². The maximum atomic E-state index is 12.6. The first-order valence-electron chi connectivity index (χ1n) is 9.18. The molecular formula is C20H23N5O2S. The Morgan fingerprint density at radius 2 is 2.00 bits per heavy atom. The van der Waals surface area contributed by atoms with E-state index in [1.54, 1.807) is 21.9 Å². The molecule has 0 fully saturated rings. The Kier molecular flexibility index (Phi) is 6.65. The fraction of sp³-hybridized carbons (Fsp3) is 0.300. The molecule has 0 saturated heterocycles. The minimum Gasteiger partial charge on any atom is -0.351 e. The Labute approximate surface area is 168 Å². The number of nitrogens with one attached hydrogen (secondary N) is 1. The molecular weight excluding hydrogens is 374 g/mol. The summed E-state index contributed by atoms with van der Waals surface area (Å²) in [6.07, 6.45) is 5.30. The summed E-state index contributed by atoms with van der Waals surface area (Å²) in [6, 6.07) is 9.74. The Morgan fingerprint density at radius 3 is 2.68 bits per heavy atom. The Morgan fingerprint density at radius 1 is 1.21 bits per heavy atom. The summed E-state index contributed by atoms with van der Waals surface area (Å²) in [5, 5.41) is 7.64. The first-order valence-corrected chi connectivity index (χ1v) is 10.2. The highest BCUT2D eigenvalue weighted by Crippen LogP contribution is 2.23. The van der Waals surface area contributed by atoms with Crippen LogP contribution < -0.4 is 5.32 Å². The van der Waals surface area contributed by atoms with Gasteiger partial charge in [-0.15, -0.1) is 0 Å². The van der Waals surface area contributed by atoms with Crippen LogP contribution >= 0.6 is 11.8 Å². The molecule has 2 amide bonds. The molecule has 0 spiro atoms. The number of aryl methyl sites for hydroxylation is 1. The van der Waals surface area contributed by atoms with Gasteiger partial charge in [-0.3, -0.25) is 19.2 Å². The Bertz CT molecular complexity index is 904. The summed E-state index contributed by atoms with van der Waals surface area (Å²) >= 11 is 1.27. The van der Waals surface area contributed by atoms with Crippen molar-refractivity contribution in [2.75, 3.05) is 12.3 Å². The van der Waals surface area contributed by atoms with E-state index in [2.05, 4.69) is 15.4 Å². The van der Waals surface area contributed by atoms with Gasteiger partial charge in [0.05, 0.1) is 11.9 Å². The normalized spacial score (nSPS) is 15.2. The van der Waals surface area contributed by atoms with Crippen LogP contribution in [0.5, 0.6) is 0 Å². The smallest absolute Gasteiger partial charge is 0.278 e. The summed E-state index contributed by atoms with van der Waals surface area (Å²) in [5.41, 5.74) is 2.24. The van der Waals surface area contributed by atoms with Gasteiger partial charge in [-0.1, -0.05) is 42.1 Å². The summed E-state index contributed by atoms with van der Waals surface area (Å²) in [6.45, 7) is 5.64. The molecule has 2 heterocycles. The van der Waals surface area contributed by atoms with Crippen molar-refractivity contribution in [1.29, 1.82) is 0 Å². The fourth-order valence-corrected chi connectivity index (χ4v) is 3.57. The Hall–Kier alpha value is -2.87. The molecule has 1 aromatic heterocycles. The monoisotopic (exact) mass is 397 g/mol. The third-order valence-corrected chi connectivity index (χ3v) is 5.15. The van der Waals surface area contributed by atoms with E-state index in [0.717, 1.165) is 17.7 Å². The number of amides is 2. The summed E-state index contributed by atoms with van der Waals surface area (Å²) in [5.74, 6) is -0.0445. The average Bonchev–Trinajstić information content (AvgIpc) is 3.30. The number of thioether (sulfide) groups is 1. The zero-order valence-corrected chi connectivity index (χ0v) is 16.8. The van der Waals surface area contributed by atoms with Crippen molar-refractivity contribution < 1.29 is 9.59 Å². The number of hydrogen-bond acceptors (Lipinski definition) is 5. The summed E-state index contributed by atoms with van der Waals surface area (Å²) < 4.78 is 1.79. The minimum atomic E-state index is -0.154. The number of likely N-dealkylation sites (N-methyl/N-ethyl adjacent to an activating group) is 1. The molecule has 2 aromatic rings. The van der Waals surface area contributed by atoms with Gasteiger partial charge in [-0.2, -0.15) is 5.10 Å². The van der Waals surface area contributed by atoms with Crippen LogP contribution in [0.2, 0.25) is 0 Å². The van der Waals surface area contributed by atoms with E-state index in [9.17, 15) is 9.59 Å². The van der Waals surface area contributed by atoms with Gasteiger partial charge in [0.1, 0.15) is 5.70 Å². The third-order valence-electron chi connectivity index (χ3n) is 4.17. The zero-order valence-electron chi connectivity index (χ0n) is 16.0. The maximum absolute atomic E-state index is 12.6. The van der Waals surface area contributed by atoms with Crippen LogP contribution in [0.25, 0.3) is 6.08 Å². The van der Waals surface area contributed by atoms with Crippen LogP contribution in [-0.4, -0.2) is 44.0 Å². The van der Waals surface area contributed by atoms with Gasteiger partial charge < -0.3 is 5.32 Å². The number of carbonyl (C=O) groups is 2. The fourth-order valence-electron chi connectivity index (χ4n) is 2.68. The average molecular weight is 398 g/mol. The predicted molar refractivity (Wildman–Crippen MR) is 111 cm³/mol. The van der Waals surface area contributed by atoms with E-state index < -0.39 is 0 Å². The second-order valence-electron chi connectivity index (χ2n) is 6.15. The van der Waals surface area contributed by atoms with E-state index in [1.807, 2.05) is 50.4 Å². The molecule has 3 rings (SSSR count). The SMILES string of the molecule is CCN1C(=O)C(=Cc2cnn(CC)c2)N=C1SCC(=O)NCc1ccccc1. The molecule has 8 heteroatoms. The number of aromatic nitrogens is 2. The van der Waals surface area contributed by atoms with Gasteiger partial charge >= 0.3 is 0 Å². The molecule has 0 bridgehead atoms. The summed E-state index contributed by atoms with van der Waals surface area (Å²) in [7, 11) is 0. The second kappa shape index (κ2) is 9.36. The lowest BCUT2D eigenvalue weighted by atomic mass is 10.2. The van der Waals surface area contributed by atoms with Crippen molar-refractivity contribution in [1.82, 2.24) is 20.0 Å². The highest BCUT2D eigenvalue weighted by atomic mass is 32.2. The van der Waals surface area contributed by atoms with Crippen LogP contribution in [0.1, 0.15) is 25.0 Å². The molecule has 28 heavy (non-hydrogen) atoms. The lowest BCUT2D eigenvalue weighted by Crippen LogP contribution is -2.32. The van der Waals surface area contributed by atoms with Crippen LogP contribution in [0.15, 0.2) is 53.4 Å². The molecule has 0 aliphatic carbocycles. The van der Waals surface area contributed by atoms with Crippen molar-refractivity contribution in [2.24, 2.45) is 4.99 Å². The van der Waals surface area contributed by atoms with E-state index in [-0.39, 0.29) is 17.6 Å². The van der Waals surface area contributed by atoms with Gasteiger partial charge in [0.15, 0.2) is 5.17 Å². The summed E-state index contributed by atoms with van der Waals surface area (Å²) in [4.78, 5) is 30.8. The Balaban J connectivity index is 1.61. The first kappa shape index (κ1) is 19.9. The van der Waals surface area contributed by atoms with E-state index >= 15 is 0 Å². The van der Waals surface area contributed by atoms with Crippen molar-refractivity contribution in [3.63, 3.8) is 0 Å². The largest absolute Gasteiger partial charge is 0.351 e. The van der Waals surface area contributed by atoms with Crippen LogP contribution in [0.3, 0.4) is 0 Å². The predicted octanol–water partition coefficient (Wildman–Crippen LogP) is 2.51. The third kappa shape index (κ3) is 4.89. The molecule has 1 aliphatic heterocycles. The molecule has 0 saturated carbocycles. The van der Waals surface area contributed by atoms with Gasteiger partial charge in [-0.05, 0) is 25.5 Å². The van der Waals surface area contributed by atoms with Gasteiger partial charge in [0, 0.05) is 31.4 Å². The van der Waals surface area contributed by atoms with Crippen molar-refractivity contribution in [3.05, 3.63) is 59.5 Å². The van der Waals surface area contributed by atoms with E-state index in [4.69, 9.17) is 0 Å². The van der Waals surface area contributed by atoms with Crippen LogP contribution in [0.4, 0.5) is 0 Å². The van der Waals surface area contributed by atoms with Crippen LogP contribution in [-0.2, 0) is 22.7 Å². The molecule has 0 radical (unpaired) electrons. The first-order chi connectivity index (χ1) is 13.6. The zero-order chi connectivity index (χ0) is 19.9. The number of nitrogens with zero attached hydrogens (tertiary/aromatic N) is 4. The van der Waals surface area contributed by atoms with Crippen molar-refractivity contribution >= 4 is 34.8 Å². The molecule has 1 N–H and O–H groups in total. The quantitative estimate of drug-likeness (QED) is 0.728. The van der Waals surface area contributed by atoms with Crippen molar-refractivity contribution in [3.8, 4) is 0 Å². The number of aliphatic imine (C=N–C) groups is 1.